The molecule has 0 amide bonds. The summed E-state index contributed by atoms with van der Waals surface area (Å²) in [6.45, 7) is 0. The smallest absolute Gasteiger partial charge is 0.119 e. The largest absolute Gasteiger partial charge is 0.508 e. The van der Waals surface area contributed by atoms with E-state index in [0.29, 0.717) is 5.75 Å². The van der Waals surface area contributed by atoms with E-state index >= 15 is 0 Å². The van der Waals surface area contributed by atoms with Crippen molar-refractivity contribution < 1.29 is 5.11 Å². The lowest BCUT2D eigenvalue weighted by Gasteiger charge is -2.15. The Morgan fingerprint density at radius 3 is 1.74 bits per heavy atom. The van der Waals surface area contributed by atoms with Gasteiger partial charge < -0.3 is 5.11 Å². The number of aromatic hydroxyl groups is 1. The minimum atomic E-state index is 0.418. The predicted molar refractivity (Wildman–Crippen MR) is 128 cm³/mol. The van der Waals surface area contributed by atoms with Crippen LogP contribution in [0.15, 0.2) is 102 Å². The number of benzene rings is 4. The van der Waals surface area contributed by atoms with E-state index in [2.05, 4.69) is 78.9 Å². The van der Waals surface area contributed by atoms with Crippen molar-refractivity contribution in [2.75, 3.05) is 0 Å². The monoisotopic (exact) mass is 403 g/mol. The summed E-state index contributed by atoms with van der Waals surface area (Å²) in [6, 6.07) is 33.6. The number of phenolic OH excluding ortho intramolecular Hbond substituents is 1. The van der Waals surface area contributed by atoms with Gasteiger partial charge in [0.05, 0.1) is 11.4 Å². The second kappa shape index (κ2) is 8.61. The third-order valence-corrected chi connectivity index (χ3v) is 5.99. The van der Waals surface area contributed by atoms with Crippen LogP contribution in [0, 0.1) is 0 Å². The van der Waals surface area contributed by atoms with Gasteiger partial charge in [-0.1, -0.05) is 84.9 Å². The Balaban J connectivity index is 1.61. The third kappa shape index (κ3) is 4.29. The number of aryl methyl sites for hydroxylation is 4. The van der Waals surface area contributed by atoms with Crippen LogP contribution < -0.4 is 0 Å². The van der Waals surface area contributed by atoms with Crippen LogP contribution in [0.5, 0.6) is 5.75 Å². The number of phenols is 1. The number of nitrogens with zero attached hydrogens (tertiary/aromatic N) is 1. The zero-order chi connectivity index (χ0) is 21.0. The molecule has 0 radical (unpaired) electrons. The van der Waals surface area contributed by atoms with E-state index < -0.39 is 0 Å². The van der Waals surface area contributed by atoms with Gasteiger partial charge in [0.1, 0.15) is 5.75 Å². The van der Waals surface area contributed by atoms with Crippen molar-refractivity contribution in [2.24, 2.45) is 4.99 Å². The first-order chi connectivity index (χ1) is 15.3. The van der Waals surface area contributed by atoms with Crippen LogP contribution in [0.1, 0.15) is 33.4 Å². The molecule has 0 aliphatic heterocycles. The van der Waals surface area contributed by atoms with Crippen molar-refractivity contribution in [2.45, 2.75) is 25.7 Å². The normalized spacial score (nSPS) is 12.8. The molecule has 4 bridgehead atoms. The van der Waals surface area contributed by atoms with Crippen molar-refractivity contribution in [1.82, 2.24) is 0 Å². The molecule has 0 atom stereocenters. The average molecular weight is 404 g/mol. The van der Waals surface area contributed by atoms with Crippen LogP contribution >= 0.6 is 0 Å². The zero-order valence-corrected chi connectivity index (χ0v) is 17.5. The average Bonchev–Trinajstić information content (AvgIpc) is 2.81. The molecule has 1 N–H and O–H groups in total. The molecule has 31 heavy (non-hydrogen) atoms. The summed E-state index contributed by atoms with van der Waals surface area (Å²) >= 11 is 0. The maximum atomic E-state index is 10.4. The molecule has 8 rings (SSSR count). The lowest BCUT2D eigenvalue weighted by molar-refractivity contribution is 0.467. The summed E-state index contributed by atoms with van der Waals surface area (Å²) in [5, 5.41) is 10.4. The molecular weight excluding hydrogens is 378 g/mol. The SMILES string of the molecule is Oc1cc2ccc1CCc1ccc(c(N=C(c3ccccc3)c3ccccc3)c1)CC2. The highest BCUT2D eigenvalue weighted by atomic mass is 16.3. The standard InChI is InChI=1S/C29H25NO/c31-28-20-22-12-16-23-15-11-21(13-17-24(28)18-14-22)19-27(23)30-29(25-7-3-1-4-8-25)26-9-5-2-6-10-26/h1-11,14-15,18-20,31H,12-13,16-17H2. The summed E-state index contributed by atoms with van der Waals surface area (Å²) in [5.41, 5.74) is 8.91. The molecule has 0 saturated heterocycles. The molecule has 4 aromatic carbocycles. The zero-order valence-electron chi connectivity index (χ0n) is 17.5. The molecule has 0 unspecified atom stereocenters. The van der Waals surface area contributed by atoms with E-state index in [1.54, 1.807) is 0 Å². The van der Waals surface area contributed by atoms with Gasteiger partial charge in [0.2, 0.25) is 0 Å². The number of rotatable bonds is 3. The van der Waals surface area contributed by atoms with E-state index in [1.807, 2.05) is 18.2 Å². The van der Waals surface area contributed by atoms with Crippen LogP contribution in [0.25, 0.3) is 0 Å². The van der Waals surface area contributed by atoms with Crippen molar-refractivity contribution >= 4 is 11.4 Å². The summed E-state index contributed by atoms with van der Waals surface area (Å²) < 4.78 is 0. The quantitative estimate of drug-likeness (QED) is 0.392. The van der Waals surface area contributed by atoms with Crippen LogP contribution in [0.3, 0.4) is 0 Å². The molecule has 152 valence electrons. The molecule has 0 fully saturated rings. The fourth-order valence-electron chi connectivity index (χ4n) is 4.22. The summed E-state index contributed by atoms with van der Waals surface area (Å²) in [5.74, 6) is 0.418. The molecule has 4 aliphatic rings. The second-order valence-electron chi connectivity index (χ2n) is 8.12. The van der Waals surface area contributed by atoms with Crippen LogP contribution in [0.2, 0.25) is 0 Å². The van der Waals surface area contributed by atoms with Gasteiger partial charge in [0.15, 0.2) is 0 Å². The van der Waals surface area contributed by atoms with E-state index in [9.17, 15) is 5.11 Å². The molecular formula is C29H25NO. The number of hydrogen-bond acceptors (Lipinski definition) is 2. The molecule has 4 aromatic rings. The highest BCUT2D eigenvalue weighted by Crippen LogP contribution is 2.29. The third-order valence-electron chi connectivity index (χ3n) is 5.99. The first-order valence-electron chi connectivity index (χ1n) is 10.9. The van der Waals surface area contributed by atoms with Crippen molar-refractivity contribution in [1.29, 1.82) is 0 Å². The highest BCUT2D eigenvalue weighted by Gasteiger charge is 2.12. The fourth-order valence-corrected chi connectivity index (χ4v) is 4.22. The number of aliphatic imine (C=N–C) groups is 1. The van der Waals surface area contributed by atoms with Crippen LogP contribution in [0.4, 0.5) is 5.69 Å². The van der Waals surface area contributed by atoms with Crippen molar-refractivity contribution in [3.8, 4) is 5.75 Å². The summed E-state index contributed by atoms with van der Waals surface area (Å²) in [4.78, 5) is 5.23. The molecule has 0 aromatic heterocycles. The summed E-state index contributed by atoms with van der Waals surface area (Å²) in [7, 11) is 0. The van der Waals surface area contributed by atoms with E-state index in [-0.39, 0.29) is 0 Å². The lowest BCUT2D eigenvalue weighted by atomic mass is 9.94. The molecule has 0 heterocycles. The Bertz CT molecular complexity index is 1180. The minimum absolute atomic E-state index is 0.418. The van der Waals surface area contributed by atoms with E-state index in [0.717, 1.165) is 59.3 Å². The topological polar surface area (TPSA) is 32.6 Å². The molecule has 0 saturated carbocycles. The van der Waals surface area contributed by atoms with Gasteiger partial charge in [-0.25, -0.2) is 4.99 Å². The Morgan fingerprint density at radius 1 is 0.581 bits per heavy atom. The lowest BCUT2D eigenvalue weighted by Crippen LogP contribution is -2.04. The first-order valence-corrected chi connectivity index (χ1v) is 10.9. The predicted octanol–water partition coefficient (Wildman–Crippen LogP) is 6.45. The highest BCUT2D eigenvalue weighted by molar-refractivity contribution is 6.14. The van der Waals surface area contributed by atoms with Gasteiger partial charge in [-0.05, 0) is 60.1 Å². The molecule has 4 aliphatic carbocycles. The molecule has 2 nitrogen and oxygen atoms in total. The van der Waals surface area contributed by atoms with Gasteiger partial charge in [-0.15, -0.1) is 0 Å². The van der Waals surface area contributed by atoms with Crippen molar-refractivity contribution in [3.63, 3.8) is 0 Å². The van der Waals surface area contributed by atoms with Gasteiger partial charge in [-0.2, -0.15) is 0 Å². The van der Waals surface area contributed by atoms with E-state index in [1.165, 1.54) is 11.1 Å². The minimum Gasteiger partial charge on any atom is -0.508 e. The Morgan fingerprint density at radius 2 is 1.13 bits per heavy atom. The second-order valence-corrected chi connectivity index (χ2v) is 8.12. The Hall–Kier alpha value is -3.65. The number of hydrogen-bond donors (Lipinski definition) is 1. The molecule has 0 spiro atoms. The van der Waals surface area contributed by atoms with Gasteiger partial charge in [-0.3, -0.25) is 0 Å². The Kier molecular flexibility index (Phi) is 5.37. The maximum Gasteiger partial charge on any atom is 0.119 e. The van der Waals surface area contributed by atoms with E-state index in [4.69, 9.17) is 4.99 Å². The van der Waals surface area contributed by atoms with Crippen molar-refractivity contribution in [3.05, 3.63) is 130 Å². The van der Waals surface area contributed by atoms with Crippen LogP contribution in [-0.4, -0.2) is 10.8 Å². The Labute approximate surface area is 183 Å². The first kappa shape index (κ1) is 19.3. The van der Waals surface area contributed by atoms with Gasteiger partial charge >= 0.3 is 0 Å². The van der Waals surface area contributed by atoms with Crippen LogP contribution in [-0.2, 0) is 25.7 Å². The summed E-state index contributed by atoms with van der Waals surface area (Å²) in [6.07, 6.45) is 3.46. The maximum absolute atomic E-state index is 10.4. The fraction of sp³-hybridized carbons (Fsp3) is 0.138. The van der Waals surface area contributed by atoms with Gasteiger partial charge in [0, 0.05) is 11.1 Å². The van der Waals surface area contributed by atoms with Gasteiger partial charge in [0.25, 0.3) is 0 Å². The molecule has 2 heteroatoms.